The van der Waals surface area contributed by atoms with Crippen LogP contribution in [-0.2, 0) is 11.3 Å². The molecule has 0 bridgehead atoms. The molecule has 0 aliphatic carbocycles. The second-order valence-electron chi connectivity index (χ2n) is 6.22. The molecule has 0 saturated carbocycles. The van der Waals surface area contributed by atoms with E-state index in [9.17, 15) is 19.7 Å². The largest absolute Gasteiger partial charge is 0.454 e. The summed E-state index contributed by atoms with van der Waals surface area (Å²) in [6.07, 6.45) is 1.35. The molecule has 4 rings (SSSR count). The number of ether oxygens (including phenoxy) is 2. The van der Waals surface area contributed by atoms with Crippen LogP contribution in [0.25, 0.3) is 6.08 Å². The summed E-state index contributed by atoms with van der Waals surface area (Å²) in [5.74, 6) is 0.151. The van der Waals surface area contributed by atoms with Gasteiger partial charge in [-0.3, -0.25) is 24.6 Å². The minimum absolute atomic E-state index is 0.0249. The number of benzene rings is 2. The van der Waals surface area contributed by atoms with Gasteiger partial charge in [-0.1, -0.05) is 24.3 Å². The lowest BCUT2D eigenvalue weighted by molar-refractivity contribution is -0.385. The van der Waals surface area contributed by atoms with Crippen molar-refractivity contribution in [3.63, 3.8) is 0 Å². The molecule has 0 radical (unpaired) electrons. The van der Waals surface area contributed by atoms with Crippen molar-refractivity contribution < 1.29 is 24.0 Å². The second kappa shape index (κ2) is 7.01. The van der Waals surface area contributed by atoms with Gasteiger partial charge >= 0.3 is 0 Å². The van der Waals surface area contributed by atoms with Crippen LogP contribution in [0.2, 0.25) is 0 Å². The predicted octanol–water partition coefficient (Wildman–Crippen LogP) is 3.87. The number of aryl methyl sites for hydroxylation is 1. The summed E-state index contributed by atoms with van der Waals surface area (Å²) < 4.78 is 10.4. The van der Waals surface area contributed by atoms with Gasteiger partial charge in [0.05, 0.1) is 28.0 Å². The number of carbonyl (C=O) groups excluding carboxylic acids is 2. The third-order valence-electron chi connectivity index (χ3n) is 4.47. The highest BCUT2D eigenvalue weighted by Crippen LogP contribution is 2.41. The fourth-order valence-corrected chi connectivity index (χ4v) is 3.79. The van der Waals surface area contributed by atoms with Crippen LogP contribution in [-0.4, -0.2) is 27.8 Å². The maximum Gasteiger partial charge on any atom is 0.293 e. The number of thioether (sulfide) groups is 1. The molecule has 8 nitrogen and oxygen atoms in total. The first-order valence-electron chi connectivity index (χ1n) is 8.32. The molecule has 2 heterocycles. The minimum Gasteiger partial charge on any atom is -0.454 e. The Morgan fingerprint density at radius 1 is 1.21 bits per heavy atom. The van der Waals surface area contributed by atoms with Crippen LogP contribution < -0.4 is 9.47 Å². The molecule has 2 aromatic rings. The third kappa shape index (κ3) is 3.20. The second-order valence-corrected chi connectivity index (χ2v) is 7.21. The van der Waals surface area contributed by atoms with E-state index in [0.717, 1.165) is 27.8 Å². The number of nitro groups is 1. The molecule has 0 aromatic heterocycles. The third-order valence-corrected chi connectivity index (χ3v) is 5.38. The summed E-state index contributed by atoms with van der Waals surface area (Å²) in [6, 6.07) is 10.2. The van der Waals surface area contributed by atoms with Gasteiger partial charge in [-0.25, -0.2) is 0 Å². The van der Waals surface area contributed by atoms with E-state index >= 15 is 0 Å². The molecule has 0 spiro atoms. The van der Waals surface area contributed by atoms with Gasteiger partial charge in [0.2, 0.25) is 6.79 Å². The molecule has 2 aliphatic rings. The monoisotopic (exact) mass is 398 g/mol. The summed E-state index contributed by atoms with van der Waals surface area (Å²) in [5.41, 5.74) is 1.78. The maximum absolute atomic E-state index is 12.7. The van der Waals surface area contributed by atoms with Gasteiger partial charge in [0.15, 0.2) is 11.5 Å². The average Bonchev–Trinajstić information content (AvgIpc) is 3.22. The quantitative estimate of drug-likeness (QED) is 0.438. The lowest BCUT2D eigenvalue weighted by Gasteiger charge is -2.14. The van der Waals surface area contributed by atoms with E-state index in [2.05, 4.69) is 0 Å². The van der Waals surface area contributed by atoms with Crippen molar-refractivity contribution in [2.24, 2.45) is 0 Å². The Morgan fingerprint density at radius 2 is 1.93 bits per heavy atom. The zero-order valence-electron chi connectivity index (χ0n) is 14.7. The zero-order valence-corrected chi connectivity index (χ0v) is 15.5. The Morgan fingerprint density at radius 3 is 2.64 bits per heavy atom. The number of nitro benzene ring substituents is 1. The standard InChI is InChI=1S/C19H14N2O6S/c1-11-4-2-3-5-12(11)9-20-18(22)17(28-19(20)23)7-13-6-15-16(27-10-26-15)8-14(13)21(24)25/h2-8H,9-10H2,1H3/b17-7-. The smallest absolute Gasteiger partial charge is 0.293 e. The van der Waals surface area contributed by atoms with Crippen molar-refractivity contribution in [1.29, 1.82) is 0 Å². The van der Waals surface area contributed by atoms with E-state index in [1.807, 2.05) is 31.2 Å². The Balaban J connectivity index is 1.66. The Labute approximate surface area is 163 Å². The van der Waals surface area contributed by atoms with E-state index in [-0.39, 0.29) is 35.2 Å². The first kappa shape index (κ1) is 18.1. The van der Waals surface area contributed by atoms with Crippen LogP contribution in [0.1, 0.15) is 16.7 Å². The van der Waals surface area contributed by atoms with Crippen molar-refractivity contribution in [2.45, 2.75) is 13.5 Å². The Bertz CT molecular complexity index is 1050. The van der Waals surface area contributed by atoms with Crippen molar-refractivity contribution in [3.05, 3.63) is 68.1 Å². The number of rotatable bonds is 4. The molecule has 28 heavy (non-hydrogen) atoms. The number of hydrogen-bond acceptors (Lipinski definition) is 7. The molecule has 1 fully saturated rings. The molecule has 0 unspecified atom stereocenters. The lowest BCUT2D eigenvalue weighted by Crippen LogP contribution is -2.27. The normalized spacial score (nSPS) is 16.9. The fraction of sp³-hybridized carbons (Fsp3) is 0.158. The summed E-state index contributed by atoms with van der Waals surface area (Å²) in [5, 5.41) is 11.0. The van der Waals surface area contributed by atoms with E-state index in [4.69, 9.17) is 9.47 Å². The van der Waals surface area contributed by atoms with Crippen LogP contribution in [0, 0.1) is 17.0 Å². The van der Waals surface area contributed by atoms with Gasteiger partial charge in [-0.2, -0.15) is 0 Å². The first-order valence-corrected chi connectivity index (χ1v) is 9.13. The van der Waals surface area contributed by atoms with E-state index in [0.29, 0.717) is 5.75 Å². The zero-order chi connectivity index (χ0) is 19.8. The summed E-state index contributed by atoms with van der Waals surface area (Å²) in [7, 11) is 0. The van der Waals surface area contributed by atoms with E-state index in [1.165, 1.54) is 18.2 Å². The van der Waals surface area contributed by atoms with Crippen molar-refractivity contribution in [2.75, 3.05) is 6.79 Å². The summed E-state index contributed by atoms with van der Waals surface area (Å²) in [4.78, 5) is 37.2. The van der Waals surface area contributed by atoms with E-state index < -0.39 is 16.1 Å². The minimum atomic E-state index is -0.564. The van der Waals surface area contributed by atoms with E-state index in [1.54, 1.807) is 0 Å². The number of carbonyl (C=O) groups is 2. The fourth-order valence-electron chi connectivity index (χ4n) is 2.96. The van der Waals surface area contributed by atoms with Gasteiger partial charge in [0.25, 0.3) is 16.8 Å². The number of imide groups is 1. The number of hydrogen-bond donors (Lipinski definition) is 0. The van der Waals surface area contributed by atoms with Gasteiger partial charge in [0, 0.05) is 0 Å². The van der Waals surface area contributed by atoms with Crippen molar-refractivity contribution in [1.82, 2.24) is 4.90 Å². The first-order chi connectivity index (χ1) is 13.4. The Kier molecular flexibility index (Phi) is 4.52. The van der Waals surface area contributed by atoms with Gasteiger partial charge in [-0.05, 0) is 42.0 Å². The van der Waals surface area contributed by atoms with Gasteiger partial charge in [0.1, 0.15) is 0 Å². The highest BCUT2D eigenvalue weighted by Gasteiger charge is 2.36. The average molecular weight is 398 g/mol. The molecular weight excluding hydrogens is 384 g/mol. The highest BCUT2D eigenvalue weighted by molar-refractivity contribution is 8.18. The summed E-state index contributed by atoms with van der Waals surface area (Å²) in [6.45, 7) is 2.03. The van der Waals surface area contributed by atoms with Crippen LogP contribution >= 0.6 is 11.8 Å². The number of fused-ring (bicyclic) bond motifs is 1. The maximum atomic E-state index is 12.7. The Hall–Kier alpha value is -3.33. The topological polar surface area (TPSA) is 99.0 Å². The van der Waals surface area contributed by atoms with Gasteiger partial charge in [-0.15, -0.1) is 0 Å². The van der Waals surface area contributed by atoms with Crippen LogP contribution in [0.4, 0.5) is 10.5 Å². The van der Waals surface area contributed by atoms with Crippen molar-refractivity contribution in [3.8, 4) is 11.5 Å². The molecule has 0 atom stereocenters. The number of nitrogens with zero attached hydrogens (tertiary/aromatic N) is 2. The molecule has 2 aromatic carbocycles. The molecule has 9 heteroatoms. The molecule has 2 aliphatic heterocycles. The highest BCUT2D eigenvalue weighted by atomic mass is 32.2. The predicted molar refractivity (Wildman–Crippen MR) is 102 cm³/mol. The van der Waals surface area contributed by atoms with Gasteiger partial charge < -0.3 is 9.47 Å². The molecule has 142 valence electrons. The summed E-state index contributed by atoms with van der Waals surface area (Å²) >= 11 is 0.759. The van der Waals surface area contributed by atoms with Crippen molar-refractivity contribution >= 4 is 34.7 Å². The SMILES string of the molecule is Cc1ccccc1CN1C(=O)S/C(=C\c2cc3c(cc2[N+](=O)[O-])OCO3)C1=O. The van der Waals surface area contributed by atoms with Crippen LogP contribution in [0.15, 0.2) is 41.3 Å². The molecule has 1 saturated heterocycles. The number of amides is 2. The lowest BCUT2D eigenvalue weighted by atomic mass is 10.1. The molecular formula is C19H14N2O6S. The van der Waals surface area contributed by atoms with Crippen LogP contribution in [0.3, 0.4) is 0 Å². The molecule has 0 N–H and O–H groups in total. The van der Waals surface area contributed by atoms with Crippen LogP contribution in [0.5, 0.6) is 11.5 Å². The molecule has 2 amide bonds.